The minimum Gasteiger partial charge on any atom is -0.354 e. The van der Waals surface area contributed by atoms with Gasteiger partial charge < -0.3 is 37.1 Å². The minimum absolute atomic E-state index is 0.116. The van der Waals surface area contributed by atoms with Gasteiger partial charge in [0.25, 0.3) is 0 Å². The van der Waals surface area contributed by atoms with Crippen molar-refractivity contribution in [2.75, 3.05) is 13.1 Å². The van der Waals surface area contributed by atoms with Gasteiger partial charge in [-0.3, -0.25) is 28.8 Å². The number of benzene rings is 2. The van der Waals surface area contributed by atoms with E-state index >= 15 is 0 Å². The number of rotatable bonds is 11. The third-order valence-corrected chi connectivity index (χ3v) is 9.95. The molecule has 1 saturated carbocycles. The van der Waals surface area contributed by atoms with Gasteiger partial charge in [0, 0.05) is 36.2 Å². The first-order valence-electron chi connectivity index (χ1n) is 19.2. The molecule has 1 aliphatic carbocycles. The molecule has 4 rings (SSSR count). The summed E-state index contributed by atoms with van der Waals surface area (Å²) in [5, 5.41) is 13.9. The van der Waals surface area contributed by atoms with Crippen LogP contribution in [0.3, 0.4) is 0 Å². The Morgan fingerprint density at radius 2 is 1.30 bits per heavy atom. The monoisotopic (exact) mass is 742 g/mol. The lowest BCUT2D eigenvalue weighted by Crippen LogP contribution is -2.57. The number of unbranched alkanes of at least 4 members (excludes halogenated alkanes) is 1. The maximum absolute atomic E-state index is 14.2. The van der Waals surface area contributed by atoms with Crippen LogP contribution in [0.25, 0.3) is 0 Å². The van der Waals surface area contributed by atoms with Crippen LogP contribution < -0.4 is 32.3 Å². The van der Waals surface area contributed by atoms with E-state index in [-0.39, 0.29) is 31.1 Å². The average molecular weight is 743 g/mol. The van der Waals surface area contributed by atoms with E-state index in [1.54, 1.807) is 48.5 Å². The van der Waals surface area contributed by atoms with Crippen molar-refractivity contribution in [1.82, 2.24) is 26.6 Å². The first-order chi connectivity index (χ1) is 26.2. The zero-order chi connectivity index (χ0) is 38.7. The van der Waals surface area contributed by atoms with Gasteiger partial charge in [-0.15, -0.1) is 0 Å². The molecule has 7 N–H and O–H groups in total. The lowest BCUT2D eigenvalue weighted by molar-refractivity contribution is -0.133. The van der Waals surface area contributed by atoms with Crippen molar-refractivity contribution >= 4 is 41.6 Å². The lowest BCUT2D eigenvalue weighted by atomic mass is 9.84. The van der Waals surface area contributed by atoms with Gasteiger partial charge >= 0.3 is 0 Å². The summed E-state index contributed by atoms with van der Waals surface area (Å²) in [4.78, 5) is 91.7. The van der Waals surface area contributed by atoms with Gasteiger partial charge in [0.1, 0.15) is 24.4 Å². The quantitative estimate of drug-likeness (QED) is 0.114. The number of nitrogens with one attached hydrogen (secondary N) is 5. The predicted molar refractivity (Wildman–Crippen MR) is 204 cm³/mol. The molecule has 5 amide bonds. The van der Waals surface area contributed by atoms with Crippen molar-refractivity contribution in [1.29, 1.82) is 0 Å². The van der Waals surface area contributed by atoms with E-state index in [0.717, 1.165) is 44.3 Å². The average Bonchev–Trinajstić information content (AvgIpc) is 3.18. The Labute approximate surface area is 317 Å². The zero-order valence-electron chi connectivity index (χ0n) is 30.9. The summed E-state index contributed by atoms with van der Waals surface area (Å²) in [6, 6.07) is 12.0. The van der Waals surface area contributed by atoms with Crippen molar-refractivity contribution in [2.45, 2.75) is 108 Å². The van der Waals surface area contributed by atoms with Crippen LogP contribution in [0.5, 0.6) is 0 Å². The van der Waals surface area contributed by atoms with Crippen LogP contribution >= 0.6 is 0 Å². The van der Waals surface area contributed by atoms with Crippen LogP contribution in [0.1, 0.15) is 98.5 Å². The highest BCUT2D eigenvalue weighted by Crippen LogP contribution is 2.27. The summed E-state index contributed by atoms with van der Waals surface area (Å²) in [7, 11) is 0. The fourth-order valence-electron chi connectivity index (χ4n) is 6.89. The Hall–Kier alpha value is -5.17. The van der Waals surface area contributed by atoms with E-state index in [1.165, 1.54) is 0 Å². The fraction of sp³-hybridized carbons (Fsp3) is 0.488. The smallest absolute Gasteiger partial charge is 0.244 e. The largest absolute Gasteiger partial charge is 0.354 e. The van der Waals surface area contributed by atoms with Crippen LogP contribution in [-0.4, -0.2) is 78.9 Å². The Bertz CT molecular complexity index is 1610. The molecule has 0 bridgehead atoms. The molecule has 0 saturated heterocycles. The molecule has 0 radical (unpaired) electrons. The molecule has 1 fully saturated rings. The molecule has 0 aromatic heterocycles. The molecule has 2 aliphatic rings. The molecule has 13 heteroatoms. The number of aldehydes is 1. The highest BCUT2D eigenvalue weighted by atomic mass is 16.2. The standard InChI is InChI=1S/C41H54N6O7/c42-23-9-7-16-33-40(53)47-35(25-28-11-3-1-4-12-28)41(54)46-34(26-29-17-19-31(20-18-29)38(51)30-13-5-2-6-14-30)39(52)43-24-10-8-15-32(27-48)44-36(49)21-22-37(50)45-33/h2,5-6,13-14,17-22,27-28,32-35H,1,3-4,7-12,15-16,23-26,42H2,(H,43,52)(H,44,49)(H,45,50)(H,46,54)(H,47,53). The lowest BCUT2D eigenvalue weighted by Gasteiger charge is -2.29. The molecule has 1 aliphatic heterocycles. The number of nitrogens with two attached hydrogens (primary N) is 1. The first-order valence-corrected chi connectivity index (χ1v) is 19.2. The number of hydrogen-bond donors (Lipinski definition) is 6. The van der Waals surface area contributed by atoms with E-state index in [2.05, 4.69) is 26.6 Å². The maximum Gasteiger partial charge on any atom is 0.244 e. The number of carbonyl (C=O) groups is 7. The summed E-state index contributed by atoms with van der Waals surface area (Å²) in [6.07, 6.45) is 10.8. The summed E-state index contributed by atoms with van der Waals surface area (Å²) >= 11 is 0. The predicted octanol–water partition coefficient (Wildman–Crippen LogP) is 2.55. The van der Waals surface area contributed by atoms with Gasteiger partial charge in [-0.25, -0.2) is 0 Å². The van der Waals surface area contributed by atoms with Crippen molar-refractivity contribution in [3.05, 3.63) is 83.4 Å². The Balaban J connectivity index is 1.60. The van der Waals surface area contributed by atoms with Gasteiger partial charge in [0.05, 0.1) is 6.04 Å². The number of ketones is 1. The topological polar surface area (TPSA) is 206 Å². The van der Waals surface area contributed by atoms with Gasteiger partial charge in [0.15, 0.2) is 5.78 Å². The van der Waals surface area contributed by atoms with Gasteiger partial charge in [-0.05, 0) is 63.0 Å². The maximum atomic E-state index is 14.2. The minimum atomic E-state index is -1.03. The van der Waals surface area contributed by atoms with Gasteiger partial charge in [-0.2, -0.15) is 0 Å². The molecule has 4 unspecified atom stereocenters. The second-order valence-corrected chi connectivity index (χ2v) is 14.2. The number of amides is 5. The molecular weight excluding hydrogens is 688 g/mol. The summed E-state index contributed by atoms with van der Waals surface area (Å²) in [5.74, 6) is -2.79. The Kier molecular flexibility index (Phi) is 17.1. The van der Waals surface area contributed by atoms with Crippen molar-refractivity contribution in [3.63, 3.8) is 0 Å². The molecule has 13 nitrogen and oxygen atoms in total. The number of carbonyl (C=O) groups excluding carboxylic acids is 7. The normalized spacial score (nSPS) is 22.9. The molecule has 2 aromatic rings. The van der Waals surface area contributed by atoms with Crippen molar-refractivity contribution < 1.29 is 33.6 Å². The van der Waals surface area contributed by atoms with Crippen LogP contribution in [0, 0.1) is 5.92 Å². The Morgan fingerprint density at radius 1 is 0.667 bits per heavy atom. The molecule has 4 atom stereocenters. The number of hydrogen-bond acceptors (Lipinski definition) is 8. The van der Waals surface area contributed by atoms with Crippen LogP contribution in [0.4, 0.5) is 0 Å². The second-order valence-electron chi connectivity index (χ2n) is 14.2. The van der Waals surface area contributed by atoms with E-state index in [9.17, 15) is 33.6 Å². The highest BCUT2D eigenvalue weighted by molar-refractivity contribution is 6.09. The van der Waals surface area contributed by atoms with E-state index in [0.29, 0.717) is 68.0 Å². The third-order valence-electron chi connectivity index (χ3n) is 9.95. The first kappa shape index (κ1) is 41.6. The Morgan fingerprint density at radius 3 is 1.98 bits per heavy atom. The summed E-state index contributed by atoms with van der Waals surface area (Å²) in [6.45, 7) is 0.643. The molecule has 290 valence electrons. The highest BCUT2D eigenvalue weighted by Gasteiger charge is 2.32. The summed E-state index contributed by atoms with van der Waals surface area (Å²) < 4.78 is 0. The van der Waals surface area contributed by atoms with Gasteiger partial charge in [-0.1, -0.05) is 86.7 Å². The molecule has 1 heterocycles. The SMILES string of the molecule is NCCCCC1NC(=O)C=CC(=O)NC(C=O)CCCCNC(=O)C(Cc2ccc(C(=O)c3ccccc3)cc2)NC(=O)C(CC2CCCCC2)NC1=O. The van der Waals surface area contributed by atoms with E-state index in [4.69, 9.17) is 5.73 Å². The fourth-order valence-corrected chi connectivity index (χ4v) is 6.89. The van der Waals surface area contributed by atoms with Gasteiger partial charge in [0.2, 0.25) is 29.5 Å². The van der Waals surface area contributed by atoms with Crippen molar-refractivity contribution in [3.8, 4) is 0 Å². The summed E-state index contributed by atoms with van der Waals surface area (Å²) in [5.41, 5.74) is 7.44. The van der Waals surface area contributed by atoms with E-state index in [1.807, 2.05) is 6.07 Å². The zero-order valence-corrected chi connectivity index (χ0v) is 30.9. The van der Waals surface area contributed by atoms with Crippen LogP contribution in [-0.2, 0) is 35.2 Å². The molecular formula is C41H54N6O7. The van der Waals surface area contributed by atoms with E-state index < -0.39 is 53.7 Å². The molecule has 0 spiro atoms. The third kappa shape index (κ3) is 13.7. The van der Waals surface area contributed by atoms with Crippen LogP contribution in [0.2, 0.25) is 0 Å². The molecule has 54 heavy (non-hydrogen) atoms. The van der Waals surface area contributed by atoms with Crippen LogP contribution in [0.15, 0.2) is 66.7 Å². The van der Waals surface area contributed by atoms with Crippen molar-refractivity contribution in [2.24, 2.45) is 11.7 Å². The molecule has 2 aromatic carbocycles. The second kappa shape index (κ2) is 22.1.